The fourth-order valence-electron chi connectivity index (χ4n) is 3.33. The third-order valence-electron chi connectivity index (χ3n) is 5.09. The minimum atomic E-state index is -3.73. The number of halogens is 2. The number of rotatable bonds is 5. The third kappa shape index (κ3) is 4.21. The van der Waals surface area contributed by atoms with Crippen LogP contribution in [0.5, 0.6) is 0 Å². The highest BCUT2D eigenvalue weighted by Gasteiger charge is 2.48. The van der Waals surface area contributed by atoms with Gasteiger partial charge in [0.15, 0.2) is 5.01 Å². The van der Waals surface area contributed by atoms with E-state index in [0.29, 0.717) is 17.8 Å². The fourth-order valence-corrected chi connectivity index (χ4v) is 3.94. The van der Waals surface area contributed by atoms with E-state index in [1.165, 1.54) is 23.5 Å². The highest BCUT2D eigenvalue weighted by atomic mass is 32.1. The molecule has 1 aromatic rings. The van der Waals surface area contributed by atoms with E-state index in [9.17, 15) is 28.0 Å². The Bertz CT molecular complexity index is 819. The van der Waals surface area contributed by atoms with Crippen molar-refractivity contribution in [3.8, 4) is 0 Å². The number of hydrogen-bond acceptors (Lipinski definition) is 6. The molecule has 0 aliphatic carbocycles. The number of likely N-dealkylation sites (tertiary alicyclic amines) is 1. The van der Waals surface area contributed by atoms with Crippen molar-refractivity contribution in [1.29, 1.82) is 0 Å². The van der Waals surface area contributed by atoms with E-state index in [2.05, 4.69) is 10.3 Å². The van der Waals surface area contributed by atoms with Gasteiger partial charge in [-0.1, -0.05) is 6.92 Å². The summed E-state index contributed by atoms with van der Waals surface area (Å²) in [5.41, 5.74) is 0. The van der Waals surface area contributed by atoms with E-state index < -0.39 is 47.3 Å². The third-order valence-corrected chi connectivity index (χ3v) is 5.94. The van der Waals surface area contributed by atoms with Crippen LogP contribution in [-0.4, -0.2) is 82.7 Å². The van der Waals surface area contributed by atoms with Crippen LogP contribution in [0.3, 0.4) is 0 Å². The number of aromatic nitrogens is 1. The minimum absolute atomic E-state index is 0.0656. The number of piperidine rings is 1. The molecule has 0 bridgehead atoms. The van der Waals surface area contributed by atoms with Crippen molar-refractivity contribution in [2.24, 2.45) is 5.92 Å². The molecule has 2 aliphatic heterocycles. The Morgan fingerprint density at radius 2 is 2.10 bits per heavy atom. The summed E-state index contributed by atoms with van der Waals surface area (Å²) >= 11 is 0.701. The normalized spacial score (nSPS) is 23.0. The van der Waals surface area contributed by atoms with Gasteiger partial charge >= 0.3 is 17.9 Å². The zero-order chi connectivity index (χ0) is 21.3. The number of nitrogens with one attached hydrogen (secondary N) is 1. The van der Waals surface area contributed by atoms with Crippen molar-refractivity contribution in [2.75, 3.05) is 33.2 Å². The zero-order valence-electron chi connectivity index (χ0n) is 15.9. The Hall–Kier alpha value is -2.63. The van der Waals surface area contributed by atoms with E-state index in [-0.39, 0.29) is 25.6 Å². The molecule has 12 heteroatoms. The van der Waals surface area contributed by atoms with E-state index in [1.54, 1.807) is 0 Å². The number of carbonyl (C=O) groups is 4. The molecule has 1 N–H and O–H groups in total. The van der Waals surface area contributed by atoms with Crippen LogP contribution in [-0.2, 0) is 20.3 Å². The first-order valence-electron chi connectivity index (χ1n) is 9.03. The lowest BCUT2D eigenvalue weighted by atomic mass is 9.93. The molecule has 29 heavy (non-hydrogen) atoms. The number of thiazole rings is 1. The van der Waals surface area contributed by atoms with Crippen molar-refractivity contribution in [3.63, 3.8) is 0 Å². The average Bonchev–Trinajstić information content (AvgIpc) is 3.28. The van der Waals surface area contributed by atoms with Gasteiger partial charge in [0.2, 0.25) is 5.91 Å². The number of carbonyl (C=O) groups excluding carboxylic acids is 4. The molecule has 1 aromatic heterocycles. The summed E-state index contributed by atoms with van der Waals surface area (Å²) in [5, 5.41) is 3.47. The van der Waals surface area contributed by atoms with Crippen LogP contribution in [0, 0.1) is 5.92 Å². The monoisotopic (exact) mass is 429 g/mol. The van der Waals surface area contributed by atoms with Gasteiger partial charge in [0.1, 0.15) is 13.1 Å². The first kappa shape index (κ1) is 21.1. The lowest BCUT2D eigenvalue weighted by Crippen LogP contribution is -2.57. The summed E-state index contributed by atoms with van der Waals surface area (Å²) in [6, 6.07) is -1.14. The van der Waals surface area contributed by atoms with Gasteiger partial charge in [-0.15, -0.1) is 11.3 Å². The molecule has 5 amide bonds. The number of imide groups is 1. The van der Waals surface area contributed by atoms with Crippen molar-refractivity contribution in [3.05, 3.63) is 16.6 Å². The predicted molar refractivity (Wildman–Crippen MR) is 98.0 cm³/mol. The maximum Gasteiger partial charge on any atom is 0.375 e. The summed E-state index contributed by atoms with van der Waals surface area (Å²) in [4.78, 5) is 55.0. The van der Waals surface area contributed by atoms with Gasteiger partial charge in [0, 0.05) is 37.8 Å². The van der Waals surface area contributed by atoms with Crippen molar-refractivity contribution in [2.45, 2.75) is 25.3 Å². The Labute approximate surface area is 169 Å². The van der Waals surface area contributed by atoms with Gasteiger partial charge in [-0.3, -0.25) is 19.3 Å². The number of likely N-dealkylation sites (N-methyl/N-ethyl adjacent to an activating group) is 1. The second-order valence-electron chi connectivity index (χ2n) is 7.22. The van der Waals surface area contributed by atoms with Crippen LogP contribution in [0.1, 0.15) is 18.4 Å². The quantitative estimate of drug-likeness (QED) is 0.686. The smallest absolute Gasteiger partial charge is 0.350 e. The summed E-state index contributed by atoms with van der Waals surface area (Å²) in [5.74, 6) is -6.22. The van der Waals surface area contributed by atoms with E-state index in [1.807, 2.05) is 6.92 Å². The van der Waals surface area contributed by atoms with Crippen LogP contribution in [0.25, 0.3) is 0 Å². The second-order valence-corrected chi connectivity index (χ2v) is 8.12. The molecular formula is C17H21F2N5O4S. The lowest BCUT2D eigenvalue weighted by Gasteiger charge is -2.38. The Kier molecular flexibility index (Phi) is 5.82. The molecule has 0 radical (unpaired) electrons. The van der Waals surface area contributed by atoms with Gasteiger partial charge in [0.25, 0.3) is 5.91 Å². The van der Waals surface area contributed by atoms with E-state index in [0.717, 1.165) is 9.80 Å². The van der Waals surface area contributed by atoms with Crippen molar-refractivity contribution < 1.29 is 28.0 Å². The number of nitrogens with zero attached hydrogens (tertiary/aromatic N) is 4. The molecule has 2 unspecified atom stereocenters. The number of hydrogen-bond donors (Lipinski definition) is 1. The molecule has 2 aliphatic rings. The SMILES string of the molecule is CC1CCN(C(=O)C(F)(F)c2nccs2)CC1NC(=O)CN1C(=O)CN(C)C1=O. The molecule has 0 spiro atoms. The van der Waals surface area contributed by atoms with Gasteiger partial charge in [0.05, 0.1) is 0 Å². The average molecular weight is 429 g/mol. The molecule has 9 nitrogen and oxygen atoms in total. The molecule has 0 aromatic carbocycles. The highest BCUT2D eigenvalue weighted by Crippen LogP contribution is 2.33. The van der Waals surface area contributed by atoms with Gasteiger partial charge in [-0.2, -0.15) is 8.78 Å². The molecule has 2 saturated heterocycles. The zero-order valence-corrected chi connectivity index (χ0v) is 16.7. The molecular weight excluding hydrogens is 408 g/mol. The molecule has 0 saturated carbocycles. The largest absolute Gasteiger partial charge is 0.375 e. The minimum Gasteiger partial charge on any atom is -0.350 e. The van der Waals surface area contributed by atoms with E-state index in [4.69, 9.17) is 0 Å². The van der Waals surface area contributed by atoms with Gasteiger partial charge in [-0.05, 0) is 12.3 Å². The van der Waals surface area contributed by atoms with Crippen LogP contribution < -0.4 is 5.32 Å². The summed E-state index contributed by atoms with van der Waals surface area (Å²) < 4.78 is 28.9. The number of amides is 5. The number of alkyl halides is 2. The van der Waals surface area contributed by atoms with Crippen LogP contribution in [0.15, 0.2) is 11.6 Å². The highest BCUT2D eigenvalue weighted by molar-refractivity contribution is 7.09. The van der Waals surface area contributed by atoms with Crippen molar-refractivity contribution >= 4 is 35.1 Å². The Morgan fingerprint density at radius 3 is 2.69 bits per heavy atom. The van der Waals surface area contributed by atoms with Crippen LogP contribution in [0.4, 0.5) is 13.6 Å². The molecule has 2 atom stereocenters. The Balaban J connectivity index is 1.62. The summed E-state index contributed by atoms with van der Waals surface area (Å²) in [7, 11) is 1.45. The lowest BCUT2D eigenvalue weighted by molar-refractivity contribution is -0.161. The predicted octanol–water partition coefficient (Wildman–Crippen LogP) is 0.482. The van der Waals surface area contributed by atoms with Crippen LogP contribution in [0.2, 0.25) is 0 Å². The second kappa shape index (κ2) is 8.01. The fraction of sp³-hybridized carbons (Fsp3) is 0.588. The number of urea groups is 1. The molecule has 2 fully saturated rings. The first-order valence-corrected chi connectivity index (χ1v) is 9.91. The maximum absolute atomic E-state index is 14.4. The summed E-state index contributed by atoms with van der Waals surface area (Å²) in [6.45, 7) is 1.34. The van der Waals surface area contributed by atoms with Gasteiger partial charge < -0.3 is 15.1 Å². The first-order chi connectivity index (χ1) is 13.6. The Morgan fingerprint density at radius 1 is 1.38 bits per heavy atom. The van der Waals surface area contributed by atoms with Gasteiger partial charge in [-0.25, -0.2) is 9.78 Å². The van der Waals surface area contributed by atoms with Crippen molar-refractivity contribution in [1.82, 2.24) is 25.0 Å². The molecule has 3 rings (SSSR count). The van der Waals surface area contributed by atoms with Crippen LogP contribution >= 0.6 is 11.3 Å². The summed E-state index contributed by atoms with van der Waals surface area (Å²) in [6.07, 6.45) is 1.63. The maximum atomic E-state index is 14.4. The molecule has 3 heterocycles. The van der Waals surface area contributed by atoms with E-state index >= 15 is 0 Å². The standard InChI is InChI=1S/C17H21F2N5O4S/c1-10-3-5-23(15(27)17(18,19)14-20-4-6-29-14)7-11(10)21-12(25)8-24-13(26)9-22(2)16(24)28/h4,6,10-11H,3,5,7-9H2,1-2H3,(H,21,25). The molecule has 158 valence electrons. The topological polar surface area (TPSA) is 103 Å².